The lowest BCUT2D eigenvalue weighted by atomic mass is 10.5. The average Bonchev–Trinajstić information content (AvgIpc) is 2.40. The van der Waals surface area contributed by atoms with Crippen molar-refractivity contribution in [3.8, 4) is 5.88 Å². The highest BCUT2D eigenvalue weighted by Gasteiger charge is 2.13. The van der Waals surface area contributed by atoms with Gasteiger partial charge in [-0.3, -0.25) is 9.78 Å². The first-order valence-electron chi connectivity index (χ1n) is 4.89. The van der Waals surface area contributed by atoms with Crippen LogP contribution >= 0.6 is 0 Å². The van der Waals surface area contributed by atoms with Gasteiger partial charge in [0.25, 0.3) is 11.5 Å². The molecular formula is C9H11N5O4. The molecule has 0 atom stereocenters. The summed E-state index contributed by atoms with van der Waals surface area (Å²) in [5.41, 5.74) is -0.237. The Morgan fingerprint density at radius 3 is 2.56 bits per heavy atom. The maximum absolute atomic E-state index is 11.8. The number of nitrogens with zero attached hydrogens (tertiary/aromatic N) is 4. The van der Waals surface area contributed by atoms with Gasteiger partial charge >= 0.3 is 0 Å². The standard InChI is InChI=1S/C9H11N5O4/c1-16-5-4-10-7-6(11-5)8(15)13-9(12-7)14(17-2)18-3/h4H,1-3H3,(H,10,12,13,15). The molecule has 2 rings (SSSR count). The molecule has 1 N–H and O–H groups in total. The molecule has 0 spiro atoms. The third kappa shape index (κ3) is 2.08. The third-order valence-electron chi connectivity index (χ3n) is 2.10. The third-order valence-corrected chi connectivity index (χ3v) is 2.10. The molecule has 0 aliphatic rings. The molecular weight excluding hydrogens is 242 g/mol. The second-order valence-electron chi connectivity index (χ2n) is 3.10. The molecule has 0 bridgehead atoms. The Labute approximate surface area is 101 Å². The van der Waals surface area contributed by atoms with Crippen molar-refractivity contribution in [2.45, 2.75) is 0 Å². The highest BCUT2D eigenvalue weighted by molar-refractivity contribution is 5.69. The van der Waals surface area contributed by atoms with Gasteiger partial charge in [0.2, 0.25) is 5.88 Å². The summed E-state index contributed by atoms with van der Waals surface area (Å²) < 4.78 is 4.88. The lowest BCUT2D eigenvalue weighted by Crippen LogP contribution is -2.25. The number of methoxy groups -OCH3 is 1. The van der Waals surface area contributed by atoms with Crippen LogP contribution in [0.25, 0.3) is 11.2 Å². The Morgan fingerprint density at radius 2 is 1.94 bits per heavy atom. The first-order chi connectivity index (χ1) is 8.69. The van der Waals surface area contributed by atoms with E-state index in [0.29, 0.717) is 0 Å². The molecule has 0 fully saturated rings. The van der Waals surface area contributed by atoms with Crippen LogP contribution in [0.3, 0.4) is 0 Å². The normalized spacial score (nSPS) is 10.6. The van der Waals surface area contributed by atoms with Crippen molar-refractivity contribution in [3.05, 3.63) is 16.6 Å². The Bertz CT molecular complexity index is 609. The predicted octanol–water partition coefficient (Wildman–Crippen LogP) is -0.349. The van der Waals surface area contributed by atoms with E-state index in [0.717, 1.165) is 5.23 Å². The van der Waals surface area contributed by atoms with Crippen molar-refractivity contribution >= 4 is 17.1 Å². The van der Waals surface area contributed by atoms with Gasteiger partial charge in [0.1, 0.15) is 0 Å². The monoisotopic (exact) mass is 253 g/mol. The molecule has 0 radical (unpaired) electrons. The quantitative estimate of drug-likeness (QED) is 0.737. The molecule has 0 unspecified atom stereocenters. The number of aromatic amines is 1. The molecule has 18 heavy (non-hydrogen) atoms. The topological polar surface area (TPSA) is 102 Å². The number of hydrogen-bond donors (Lipinski definition) is 1. The van der Waals surface area contributed by atoms with Gasteiger partial charge in [0.05, 0.1) is 27.5 Å². The molecule has 2 aromatic heterocycles. The zero-order valence-corrected chi connectivity index (χ0v) is 10.00. The van der Waals surface area contributed by atoms with Crippen LogP contribution in [0.2, 0.25) is 0 Å². The van der Waals surface area contributed by atoms with E-state index in [2.05, 4.69) is 19.9 Å². The van der Waals surface area contributed by atoms with Crippen molar-refractivity contribution in [2.24, 2.45) is 0 Å². The summed E-state index contributed by atoms with van der Waals surface area (Å²) in [4.78, 5) is 35.9. The first-order valence-corrected chi connectivity index (χ1v) is 4.89. The molecule has 0 saturated carbocycles. The number of anilines is 1. The fourth-order valence-electron chi connectivity index (χ4n) is 1.32. The van der Waals surface area contributed by atoms with E-state index in [1.807, 2.05) is 0 Å². The summed E-state index contributed by atoms with van der Waals surface area (Å²) in [5.74, 6) is 0.301. The number of nitrogens with one attached hydrogen (secondary N) is 1. The van der Waals surface area contributed by atoms with E-state index in [1.54, 1.807) is 0 Å². The van der Waals surface area contributed by atoms with E-state index in [1.165, 1.54) is 27.5 Å². The summed E-state index contributed by atoms with van der Waals surface area (Å²) in [7, 11) is 4.17. The smallest absolute Gasteiger partial charge is 0.280 e. The lowest BCUT2D eigenvalue weighted by molar-refractivity contribution is -0.0471. The average molecular weight is 253 g/mol. The number of fused-ring (bicyclic) bond motifs is 1. The van der Waals surface area contributed by atoms with E-state index in [9.17, 15) is 4.79 Å². The van der Waals surface area contributed by atoms with Gasteiger partial charge in [-0.25, -0.2) is 19.6 Å². The molecule has 96 valence electrons. The highest BCUT2D eigenvalue weighted by atomic mass is 16.9. The summed E-state index contributed by atoms with van der Waals surface area (Å²) in [6, 6.07) is 0. The lowest BCUT2D eigenvalue weighted by Gasteiger charge is -2.15. The molecule has 0 aliphatic heterocycles. The first kappa shape index (κ1) is 12.2. The molecule has 0 amide bonds. The van der Waals surface area contributed by atoms with E-state index in [-0.39, 0.29) is 23.0 Å². The molecule has 9 heteroatoms. The van der Waals surface area contributed by atoms with E-state index < -0.39 is 5.56 Å². The summed E-state index contributed by atoms with van der Waals surface area (Å²) in [6.45, 7) is 0. The number of rotatable bonds is 4. The van der Waals surface area contributed by atoms with Crippen LogP contribution in [-0.4, -0.2) is 41.3 Å². The highest BCUT2D eigenvalue weighted by Crippen LogP contribution is 2.11. The number of hydrogen-bond acceptors (Lipinski definition) is 8. The Morgan fingerprint density at radius 1 is 1.22 bits per heavy atom. The van der Waals surface area contributed by atoms with Crippen molar-refractivity contribution in [3.63, 3.8) is 0 Å². The van der Waals surface area contributed by atoms with Gasteiger partial charge in [-0.05, 0) is 0 Å². The Balaban J connectivity index is 2.60. The maximum atomic E-state index is 11.8. The minimum Gasteiger partial charge on any atom is -0.480 e. The second kappa shape index (κ2) is 4.94. The van der Waals surface area contributed by atoms with Crippen molar-refractivity contribution in [1.29, 1.82) is 0 Å². The van der Waals surface area contributed by atoms with E-state index in [4.69, 9.17) is 14.4 Å². The second-order valence-corrected chi connectivity index (χ2v) is 3.10. The molecule has 9 nitrogen and oxygen atoms in total. The fourth-order valence-corrected chi connectivity index (χ4v) is 1.32. The molecule has 2 heterocycles. The van der Waals surface area contributed by atoms with Crippen LogP contribution in [0.1, 0.15) is 0 Å². The molecule has 0 aromatic carbocycles. The molecule has 0 aliphatic carbocycles. The van der Waals surface area contributed by atoms with Gasteiger partial charge in [0, 0.05) is 0 Å². The van der Waals surface area contributed by atoms with Crippen LogP contribution < -0.4 is 15.5 Å². The van der Waals surface area contributed by atoms with Crippen molar-refractivity contribution in [1.82, 2.24) is 19.9 Å². The van der Waals surface area contributed by atoms with Crippen LogP contribution in [0, 0.1) is 0 Å². The minimum absolute atomic E-state index is 0.0666. The Kier molecular flexibility index (Phi) is 3.35. The number of H-pyrrole nitrogens is 1. The summed E-state index contributed by atoms with van der Waals surface area (Å²) in [5, 5.41) is 0.937. The van der Waals surface area contributed by atoms with Gasteiger partial charge in [-0.1, -0.05) is 5.23 Å². The zero-order valence-electron chi connectivity index (χ0n) is 10.00. The number of ether oxygens (including phenoxy) is 1. The molecule has 0 saturated heterocycles. The van der Waals surface area contributed by atoms with Crippen LogP contribution in [0.5, 0.6) is 5.88 Å². The summed E-state index contributed by atoms with van der Waals surface area (Å²) >= 11 is 0. The van der Waals surface area contributed by atoms with Crippen LogP contribution in [0.4, 0.5) is 5.95 Å². The number of aromatic nitrogens is 4. The van der Waals surface area contributed by atoms with Crippen LogP contribution in [0.15, 0.2) is 11.0 Å². The van der Waals surface area contributed by atoms with E-state index >= 15 is 0 Å². The predicted molar refractivity (Wildman–Crippen MR) is 61.0 cm³/mol. The Hall–Kier alpha value is -2.26. The van der Waals surface area contributed by atoms with Crippen molar-refractivity contribution < 1.29 is 14.4 Å². The summed E-state index contributed by atoms with van der Waals surface area (Å²) in [6.07, 6.45) is 1.36. The molecule has 2 aromatic rings. The van der Waals surface area contributed by atoms with Gasteiger partial charge in [-0.2, -0.15) is 4.98 Å². The largest absolute Gasteiger partial charge is 0.480 e. The van der Waals surface area contributed by atoms with Crippen molar-refractivity contribution in [2.75, 3.05) is 26.6 Å². The van der Waals surface area contributed by atoms with Gasteiger partial charge in [-0.15, -0.1) is 0 Å². The zero-order chi connectivity index (χ0) is 13.1. The fraction of sp³-hybridized carbons (Fsp3) is 0.333. The van der Waals surface area contributed by atoms with Gasteiger partial charge in [0.15, 0.2) is 11.2 Å². The SMILES string of the molecule is COc1cnc2nc(N(OC)OC)[nH]c(=O)c2n1. The maximum Gasteiger partial charge on any atom is 0.280 e. The minimum atomic E-state index is -0.472. The van der Waals surface area contributed by atoms with Crippen LogP contribution in [-0.2, 0) is 9.68 Å². The van der Waals surface area contributed by atoms with Gasteiger partial charge < -0.3 is 4.74 Å².